The van der Waals surface area contributed by atoms with E-state index in [1.807, 2.05) is 67.6 Å². The Hall–Kier alpha value is -9.80. The van der Waals surface area contributed by atoms with E-state index in [9.17, 15) is 15.3 Å². The van der Waals surface area contributed by atoms with E-state index < -0.39 is 10.8 Å². The van der Waals surface area contributed by atoms with E-state index in [0.29, 0.717) is 20.2 Å². The molecule has 0 saturated heterocycles. The summed E-state index contributed by atoms with van der Waals surface area (Å²) < 4.78 is 19.1. The predicted molar refractivity (Wildman–Crippen MR) is 346 cm³/mol. The highest BCUT2D eigenvalue weighted by Gasteiger charge is 2.36. The molecule has 0 aromatic heterocycles. The smallest absolute Gasteiger partial charge is 0.161 e. The minimum Gasteiger partial charge on any atom is -0.508 e. The first-order valence-electron chi connectivity index (χ1n) is 28.5. The fraction of sp³-hybridized carbons (Fsp3) is 0.200. The van der Waals surface area contributed by atoms with Crippen molar-refractivity contribution in [3.63, 3.8) is 0 Å². The molecule has 0 spiro atoms. The molecule has 0 radical (unpaired) electrons. The Morgan fingerprint density at radius 2 is 0.612 bits per heavy atom. The number of nitrogen functional groups attached to an aromatic ring is 1. The average molecular weight is 1130 g/mol. The molecule has 0 fully saturated rings. The van der Waals surface area contributed by atoms with Gasteiger partial charge in [0.05, 0.1) is 0 Å². The van der Waals surface area contributed by atoms with Crippen molar-refractivity contribution in [2.75, 3.05) is 40.6 Å². The Bertz CT molecular complexity index is 3550. The highest BCUT2D eigenvalue weighted by atomic mass is 16.5. The standard InChI is InChI=1S/C47H45N3O3.C20H18O3.C7H9N.CH4/c1-32-8-5-11-41(20-32)48-26-35-23-38(14-17-44(35)51-29-48)47(4,39-15-18-45-36(24-39)27-49(30-52-45)42-12-6-9-33(2)21-42)40-16-19-46-37(25-40)28-50(31-53-46)43-13-7-10-34(3)22-43;1-20(14-2-8-17(21)9-3-14,15-4-10-18(22)11-5-15)16-6-12-19(23)13-7-16;1-6-3-2-4-7(8)5-6;/h5-25H,26-31H2,1-4H3;2-13,21-23H,1H3;2-5H,8H2,1H3;1H4. The molecular weight excluding hydrogens is 1050 g/mol. The Balaban J connectivity index is 0.000000206. The third-order valence-corrected chi connectivity index (χ3v) is 16.6. The molecule has 0 aliphatic carbocycles. The van der Waals surface area contributed by atoms with Gasteiger partial charge in [-0.1, -0.05) is 111 Å². The van der Waals surface area contributed by atoms with Crippen molar-refractivity contribution < 1.29 is 29.5 Å². The van der Waals surface area contributed by atoms with Crippen LogP contribution in [0.25, 0.3) is 0 Å². The molecule has 0 amide bonds. The van der Waals surface area contributed by atoms with Crippen LogP contribution in [0, 0.1) is 27.7 Å². The van der Waals surface area contributed by atoms with Gasteiger partial charge in [-0.3, -0.25) is 0 Å². The molecule has 10 heteroatoms. The molecule has 3 aliphatic rings. The number of ether oxygens (including phenoxy) is 3. The maximum atomic E-state index is 9.57. The SMILES string of the molecule is C.CC(c1ccc(O)cc1)(c1ccc(O)cc1)c1ccc(O)cc1.Cc1cccc(N)c1.Cc1cccc(N2COc3ccc(C(C)(c4ccc5c(c4)CN(c4cccc(C)c4)CO5)c4ccc5c(c4)CN(c4cccc(C)c4)CO5)cc3C2)c1. The molecule has 3 heterocycles. The average Bonchev–Trinajstić information content (AvgIpc) is 1.12. The van der Waals surface area contributed by atoms with Gasteiger partial charge in [-0.05, 0) is 219 Å². The van der Waals surface area contributed by atoms with Crippen LogP contribution >= 0.6 is 0 Å². The van der Waals surface area contributed by atoms with E-state index in [0.717, 1.165) is 59.3 Å². The van der Waals surface area contributed by atoms with Gasteiger partial charge in [0.25, 0.3) is 0 Å². The van der Waals surface area contributed by atoms with Crippen LogP contribution in [0.1, 0.15) is 93.6 Å². The number of hydrogen-bond donors (Lipinski definition) is 4. The lowest BCUT2D eigenvalue weighted by Crippen LogP contribution is -2.34. The lowest BCUT2D eigenvalue weighted by atomic mass is 9.70. The first kappa shape index (κ1) is 58.4. The van der Waals surface area contributed by atoms with E-state index >= 15 is 0 Å². The molecule has 10 aromatic carbocycles. The number of anilines is 4. The van der Waals surface area contributed by atoms with E-state index in [-0.39, 0.29) is 24.7 Å². The normalized spacial score (nSPS) is 13.3. The van der Waals surface area contributed by atoms with Crippen molar-refractivity contribution in [3.05, 3.63) is 297 Å². The van der Waals surface area contributed by atoms with Crippen molar-refractivity contribution in [2.45, 2.75) is 79.4 Å². The first-order chi connectivity index (χ1) is 40.6. The van der Waals surface area contributed by atoms with Gasteiger partial charge in [-0.15, -0.1) is 0 Å². The van der Waals surface area contributed by atoms with Crippen molar-refractivity contribution in [2.24, 2.45) is 0 Å². The Morgan fingerprint density at radius 1 is 0.341 bits per heavy atom. The van der Waals surface area contributed by atoms with Gasteiger partial charge in [0.1, 0.15) is 34.5 Å². The molecule has 5 N–H and O–H groups in total. The summed E-state index contributed by atoms with van der Waals surface area (Å²) in [5, 5.41) is 28.7. The van der Waals surface area contributed by atoms with Gasteiger partial charge < -0.3 is 50.0 Å². The molecule has 0 unspecified atom stereocenters. The van der Waals surface area contributed by atoms with Crippen molar-refractivity contribution in [1.82, 2.24) is 0 Å². The lowest BCUT2D eigenvalue weighted by molar-refractivity contribution is 0.288. The van der Waals surface area contributed by atoms with Crippen LogP contribution in [0.5, 0.6) is 34.5 Å². The van der Waals surface area contributed by atoms with Gasteiger partial charge in [-0.2, -0.15) is 0 Å². The quantitative estimate of drug-likeness (QED) is 0.0820. The molecule has 13 rings (SSSR count). The van der Waals surface area contributed by atoms with Crippen LogP contribution in [0.2, 0.25) is 0 Å². The molecular formula is C75H76N4O6. The van der Waals surface area contributed by atoms with Crippen molar-refractivity contribution in [3.8, 4) is 34.5 Å². The monoisotopic (exact) mass is 1130 g/mol. The summed E-state index contributed by atoms with van der Waals surface area (Å²) in [5.41, 5.74) is 24.0. The Labute approximate surface area is 501 Å². The number of benzene rings is 10. The second-order valence-corrected chi connectivity index (χ2v) is 22.7. The minimum atomic E-state index is -0.498. The molecule has 0 atom stereocenters. The molecule has 0 saturated carbocycles. The van der Waals surface area contributed by atoms with E-state index in [1.54, 1.807) is 36.4 Å². The highest BCUT2D eigenvalue weighted by Crippen LogP contribution is 2.46. The lowest BCUT2D eigenvalue weighted by Gasteiger charge is -2.37. The zero-order chi connectivity index (χ0) is 58.5. The number of phenols is 3. The van der Waals surface area contributed by atoms with Crippen LogP contribution in [-0.4, -0.2) is 35.5 Å². The van der Waals surface area contributed by atoms with Gasteiger partial charge in [-0.25, -0.2) is 0 Å². The number of fused-ring (bicyclic) bond motifs is 3. The molecule has 0 bridgehead atoms. The van der Waals surface area contributed by atoms with Crippen LogP contribution in [0.3, 0.4) is 0 Å². The fourth-order valence-corrected chi connectivity index (χ4v) is 11.7. The maximum absolute atomic E-state index is 9.57. The number of nitrogens with two attached hydrogens (primary N) is 1. The summed E-state index contributed by atoms with van der Waals surface area (Å²) >= 11 is 0. The molecule has 432 valence electrons. The van der Waals surface area contributed by atoms with Gasteiger partial charge in [0, 0.05) is 69.9 Å². The number of hydrogen-bond acceptors (Lipinski definition) is 10. The van der Waals surface area contributed by atoms with Crippen LogP contribution in [0.15, 0.2) is 224 Å². The number of rotatable bonds is 9. The maximum Gasteiger partial charge on any atom is 0.161 e. The Kier molecular flexibility index (Phi) is 17.2. The third kappa shape index (κ3) is 12.7. The summed E-state index contributed by atoms with van der Waals surface area (Å²) in [4.78, 5) is 6.92. The van der Waals surface area contributed by atoms with E-state index in [2.05, 4.69) is 177 Å². The molecule has 10 nitrogen and oxygen atoms in total. The minimum absolute atomic E-state index is 0. The molecule has 3 aliphatic heterocycles. The van der Waals surface area contributed by atoms with Gasteiger partial charge >= 0.3 is 0 Å². The number of aromatic hydroxyl groups is 3. The van der Waals surface area contributed by atoms with Crippen molar-refractivity contribution >= 4 is 22.7 Å². The zero-order valence-electron chi connectivity index (χ0n) is 48.6. The summed E-state index contributed by atoms with van der Waals surface area (Å²) in [6.07, 6.45) is 0. The van der Waals surface area contributed by atoms with Crippen molar-refractivity contribution in [1.29, 1.82) is 0 Å². The van der Waals surface area contributed by atoms with Crippen LogP contribution < -0.4 is 34.6 Å². The summed E-state index contributed by atoms with van der Waals surface area (Å²) in [6.45, 7) is 16.8. The second kappa shape index (κ2) is 25.0. The zero-order valence-corrected chi connectivity index (χ0v) is 48.6. The summed E-state index contributed by atoms with van der Waals surface area (Å²) in [7, 11) is 0. The first-order valence-corrected chi connectivity index (χ1v) is 28.5. The molecule has 10 aromatic rings. The number of aryl methyl sites for hydroxylation is 4. The predicted octanol–water partition coefficient (Wildman–Crippen LogP) is 16.4. The van der Waals surface area contributed by atoms with Gasteiger partial charge in [0.15, 0.2) is 20.2 Å². The summed E-state index contributed by atoms with van der Waals surface area (Å²) in [6, 6.07) is 75.4. The second-order valence-electron chi connectivity index (χ2n) is 22.7. The largest absolute Gasteiger partial charge is 0.508 e. The van der Waals surface area contributed by atoms with E-state index in [1.165, 1.54) is 72.7 Å². The number of phenolic OH excluding ortho intramolecular Hbond substituents is 3. The van der Waals surface area contributed by atoms with Crippen LogP contribution in [-0.2, 0) is 30.5 Å². The van der Waals surface area contributed by atoms with E-state index in [4.69, 9.17) is 19.9 Å². The Morgan fingerprint density at radius 3 is 0.882 bits per heavy atom. The highest BCUT2D eigenvalue weighted by molar-refractivity contribution is 5.61. The topological polar surface area (TPSA) is 124 Å². The van der Waals surface area contributed by atoms with Crippen LogP contribution in [0.4, 0.5) is 22.7 Å². The van der Waals surface area contributed by atoms with Gasteiger partial charge in [0.2, 0.25) is 0 Å². The molecule has 85 heavy (non-hydrogen) atoms. The number of nitrogens with zero attached hydrogens (tertiary/aromatic N) is 3. The summed E-state index contributed by atoms with van der Waals surface area (Å²) in [5.74, 6) is 3.48. The fourth-order valence-electron chi connectivity index (χ4n) is 11.7. The third-order valence-electron chi connectivity index (χ3n) is 16.6.